The zero-order chi connectivity index (χ0) is 36.5. The summed E-state index contributed by atoms with van der Waals surface area (Å²) < 4.78 is 33.9. The highest BCUT2D eigenvalue weighted by atomic mass is 31.2. The summed E-state index contributed by atoms with van der Waals surface area (Å²) in [5.74, 6) is -0.917. The van der Waals surface area contributed by atoms with E-state index in [2.05, 4.69) is 74.6 Å². The molecule has 0 amide bonds. The normalized spacial score (nSPS) is 14.7. The summed E-state index contributed by atoms with van der Waals surface area (Å²) in [5.41, 5.74) is 0. The largest absolute Gasteiger partial charge is 0.472 e. The molecule has 0 fully saturated rings. The van der Waals surface area contributed by atoms with Crippen LogP contribution in [0.15, 0.2) is 72.9 Å². The first-order chi connectivity index (χ1) is 23.5. The number of esters is 2. The number of likely N-dealkylation sites (N-methyl/N-ethyl adjacent to an activating group) is 1. The number of ether oxygens (including phenoxy) is 2. The van der Waals surface area contributed by atoms with Crippen molar-refractivity contribution in [3.63, 3.8) is 0 Å². The number of carbonyl (C=O) groups is 2. The molecule has 49 heavy (non-hydrogen) atoms. The van der Waals surface area contributed by atoms with E-state index < -0.39 is 32.5 Å². The number of hydrogen-bond donors (Lipinski definition) is 1. The van der Waals surface area contributed by atoms with Crippen LogP contribution in [0.1, 0.15) is 110 Å². The summed E-state index contributed by atoms with van der Waals surface area (Å²) in [6.07, 6.45) is 37.1. The first-order valence-corrected chi connectivity index (χ1v) is 19.7. The van der Waals surface area contributed by atoms with Gasteiger partial charge in [-0.3, -0.25) is 18.6 Å². The first kappa shape index (κ1) is 46.5. The molecule has 1 N–H and O–H groups in total. The number of phosphoric acid groups is 1. The highest BCUT2D eigenvalue weighted by molar-refractivity contribution is 7.47. The third kappa shape index (κ3) is 35.1. The molecule has 2 unspecified atom stereocenters. The fourth-order valence-electron chi connectivity index (χ4n) is 4.15. The third-order valence-corrected chi connectivity index (χ3v) is 8.00. The maximum atomic E-state index is 12.5. The van der Waals surface area contributed by atoms with Gasteiger partial charge in [-0.2, -0.15) is 0 Å². The van der Waals surface area contributed by atoms with E-state index in [1.807, 2.05) is 33.3 Å². The standard InChI is InChI=1S/C39H66NO8P/c1-6-8-10-12-14-15-16-17-18-19-20-21-22-23-24-25-26-28-30-32-39(42)48-37(35-45-38(41)31-29-27-13-11-9-7-2)36-47-49(43,44)46-34-33-40(3,4)5/h8,10,14-15,17-18,20-21,23-24,26,28,37H,6-7,9,11-13,16,19,22,25,27,29-36H2,1-5H3/p+1/b10-8-,15-14-,18-17-,21-20-,24-23-,28-26-. The van der Waals surface area contributed by atoms with Gasteiger partial charge in [-0.15, -0.1) is 0 Å². The molecule has 0 saturated carbocycles. The van der Waals surface area contributed by atoms with E-state index in [0.717, 1.165) is 70.6 Å². The van der Waals surface area contributed by atoms with Crippen molar-refractivity contribution in [2.24, 2.45) is 0 Å². The summed E-state index contributed by atoms with van der Waals surface area (Å²) in [7, 11) is 1.41. The molecule has 0 heterocycles. The van der Waals surface area contributed by atoms with E-state index in [0.29, 0.717) is 17.4 Å². The molecule has 2 atom stereocenters. The molecule has 280 valence electrons. The number of unbranched alkanes of at least 4 members (excludes halogenated alkanes) is 5. The zero-order valence-electron chi connectivity index (χ0n) is 31.1. The Bertz CT molecular complexity index is 1070. The first-order valence-electron chi connectivity index (χ1n) is 18.2. The third-order valence-electron chi connectivity index (χ3n) is 7.01. The molecule has 10 heteroatoms. The number of quaternary nitrogens is 1. The van der Waals surface area contributed by atoms with Crippen molar-refractivity contribution >= 4 is 19.8 Å². The Balaban J connectivity index is 4.54. The Labute approximate surface area is 298 Å². The Morgan fingerprint density at radius 1 is 0.653 bits per heavy atom. The number of nitrogens with zero attached hydrogens (tertiary/aromatic N) is 1. The summed E-state index contributed by atoms with van der Waals surface area (Å²) in [6, 6.07) is 0. The molecule has 0 aromatic heterocycles. The molecule has 0 bridgehead atoms. The number of hydrogen-bond acceptors (Lipinski definition) is 7. The quantitative estimate of drug-likeness (QED) is 0.0250. The molecule has 0 rings (SSSR count). The monoisotopic (exact) mass is 708 g/mol. The van der Waals surface area contributed by atoms with Crippen molar-refractivity contribution in [3.8, 4) is 0 Å². The Kier molecular flexibility index (Phi) is 29.8. The molecule has 0 aliphatic heterocycles. The van der Waals surface area contributed by atoms with Gasteiger partial charge < -0.3 is 18.9 Å². The van der Waals surface area contributed by atoms with Gasteiger partial charge in [0.15, 0.2) is 6.10 Å². The Hall–Kier alpha value is -2.55. The van der Waals surface area contributed by atoms with Crippen molar-refractivity contribution in [2.45, 2.75) is 116 Å². The fourth-order valence-corrected chi connectivity index (χ4v) is 4.90. The van der Waals surface area contributed by atoms with Gasteiger partial charge in [-0.1, -0.05) is 119 Å². The van der Waals surface area contributed by atoms with E-state index in [1.165, 1.54) is 6.42 Å². The van der Waals surface area contributed by atoms with Crippen LogP contribution in [-0.4, -0.2) is 74.9 Å². The van der Waals surface area contributed by atoms with Crippen LogP contribution in [-0.2, 0) is 32.7 Å². The maximum Gasteiger partial charge on any atom is 0.472 e. The van der Waals surface area contributed by atoms with Gasteiger partial charge in [0.05, 0.1) is 27.7 Å². The van der Waals surface area contributed by atoms with E-state index in [-0.39, 0.29) is 26.1 Å². The van der Waals surface area contributed by atoms with Crippen LogP contribution in [0, 0.1) is 0 Å². The van der Waals surface area contributed by atoms with Crippen molar-refractivity contribution in [1.82, 2.24) is 0 Å². The summed E-state index contributed by atoms with van der Waals surface area (Å²) in [5, 5.41) is 0. The predicted molar refractivity (Wildman–Crippen MR) is 201 cm³/mol. The molecular formula is C39H67NO8P+. The molecule has 0 aromatic carbocycles. The minimum Gasteiger partial charge on any atom is -0.462 e. The molecule has 0 saturated heterocycles. The lowest BCUT2D eigenvalue weighted by Gasteiger charge is -2.24. The van der Waals surface area contributed by atoms with Crippen molar-refractivity contribution in [2.75, 3.05) is 47.5 Å². The molecule has 0 aliphatic rings. The Morgan fingerprint density at radius 2 is 1.16 bits per heavy atom. The molecule has 0 aliphatic carbocycles. The van der Waals surface area contributed by atoms with E-state index in [1.54, 1.807) is 0 Å². The summed E-state index contributed by atoms with van der Waals surface area (Å²) >= 11 is 0. The van der Waals surface area contributed by atoms with Crippen LogP contribution in [0.25, 0.3) is 0 Å². The second-order valence-electron chi connectivity index (χ2n) is 12.9. The van der Waals surface area contributed by atoms with Crippen molar-refractivity contribution in [3.05, 3.63) is 72.9 Å². The van der Waals surface area contributed by atoms with Gasteiger partial charge in [0.2, 0.25) is 0 Å². The van der Waals surface area contributed by atoms with E-state index in [9.17, 15) is 19.0 Å². The minimum atomic E-state index is -4.38. The van der Waals surface area contributed by atoms with Crippen molar-refractivity contribution in [1.29, 1.82) is 0 Å². The van der Waals surface area contributed by atoms with Gasteiger partial charge in [0.25, 0.3) is 0 Å². The van der Waals surface area contributed by atoms with Gasteiger partial charge in [-0.25, -0.2) is 4.57 Å². The molecular weight excluding hydrogens is 641 g/mol. The van der Waals surface area contributed by atoms with Crippen LogP contribution in [0.3, 0.4) is 0 Å². The molecule has 0 radical (unpaired) electrons. The number of phosphoric ester groups is 1. The molecule has 9 nitrogen and oxygen atoms in total. The van der Waals surface area contributed by atoms with Crippen LogP contribution in [0.4, 0.5) is 0 Å². The van der Waals surface area contributed by atoms with Crippen LogP contribution >= 0.6 is 7.82 Å². The minimum absolute atomic E-state index is 0.0148. The number of carbonyl (C=O) groups excluding carboxylic acids is 2. The molecule has 0 aromatic rings. The summed E-state index contributed by atoms with van der Waals surface area (Å²) in [6.45, 7) is 4.10. The Morgan fingerprint density at radius 3 is 1.69 bits per heavy atom. The van der Waals surface area contributed by atoms with Crippen molar-refractivity contribution < 1.29 is 42.1 Å². The lowest BCUT2D eigenvalue weighted by Crippen LogP contribution is -2.37. The average molecular weight is 709 g/mol. The molecule has 0 spiro atoms. The van der Waals surface area contributed by atoms with Crippen LogP contribution in [0.5, 0.6) is 0 Å². The predicted octanol–water partition coefficient (Wildman–Crippen LogP) is 9.51. The van der Waals surface area contributed by atoms with Crippen LogP contribution in [0.2, 0.25) is 0 Å². The average Bonchev–Trinajstić information content (AvgIpc) is 3.04. The lowest BCUT2D eigenvalue weighted by molar-refractivity contribution is -0.870. The maximum absolute atomic E-state index is 12.5. The van der Waals surface area contributed by atoms with E-state index in [4.69, 9.17) is 18.5 Å². The van der Waals surface area contributed by atoms with E-state index >= 15 is 0 Å². The topological polar surface area (TPSA) is 108 Å². The van der Waals surface area contributed by atoms with Gasteiger partial charge >= 0.3 is 19.8 Å². The number of allylic oxidation sites excluding steroid dienone is 12. The van der Waals surface area contributed by atoms with Crippen LogP contribution < -0.4 is 0 Å². The number of rotatable bonds is 31. The second-order valence-corrected chi connectivity index (χ2v) is 14.3. The van der Waals surface area contributed by atoms with Gasteiger partial charge in [0, 0.05) is 12.8 Å². The fraction of sp³-hybridized carbons (Fsp3) is 0.641. The highest BCUT2D eigenvalue weighted by Crippen LogP contribution is 2.43. The lowest BCUT2D eigenvalue weighted by atomic mass is 10.1. The van der Waals surface area contributed by atoms with Gasteiger partial charge in [0.1, 0.15) is 19.8 Å². The second kappa shape index (κ2) is 31.4. The summed E-state index contributed by atoms with van der Waals surface area (Å²) in [4.78, 5) is 34.9. The smallest absolute Gasteiger partial charge is 0.462 e. The SMILES string of the molecule is CC/C=C\C/C=C\C/C=C\C/C=C\C/C=C\C/C=C\CCC(=O)OC(COC(=O)CCCCCCCC)COP(=O)(O)OCC[N+](C)(C)C. The zero-order valence-corrected chi connectivity index (χ0v) is 32.0. The van der Waals surface area contributed by atoms with Gasteiger partial charge in [-0.05, 0) is 51.4 Å². The highest BCUT2D eigenvalue weighted by Gasteiger charge is 2.27.